The first kappa shape index (κ1) is 14.6. The van der Waals surface area contributed by atoms with E-state index in [4.69, 9.17) is 17.5 Å². The fourth-order valence-electron chi connectivity index (χ4n) is 1.85. The van der Waals surface area contributed by atoms with Crippen molar-refractivity contribution >= 4 is 34.0 Å². The molecule has 0 N–H and O–H groups in total. The smallest absolute Gasteiger partial charge is 0.140 e. The Morgan fingerprint density at radius 1 is 1.15 bits per heavy atom. The maximum Gasteiger partial charge on any atom is 0.140 e. The SMILES string of the molecule is CSC(=S)N(Cc1ccccc1)c1ccc(C#N)cc1. The van der Waals surface area contributed by atoms with Crippen LogP contribution in [0.5, 0.6) is 0 Å². The minimum Gasteiger partial charge on any atom is -0.323 e. The Morgan fingerprint density at radius 2 is 1.80 bits per heavy atom. The lowest BCUT2D eigenvalue weighted by atomic mass is 10.2. The van der Waals surface area contributed by atoms with Gasteiger partial charge in [0.05, 0.1) is 11.6 Å². The summed E-state index contributed by atoms with van der Waals surface area (Å²) < 4.78 is 0.818. The highest BCUT2D eigenvalue weighted by atomic mass is 32.2. The molecule has 2 aromatic carbocycles. The standard InChI is InChI=1S/C16H14N2S2/c1-20-16(19)18(12-14-5-3-2-4-6-14)15-9-7-13(11-17)8-10-15/h2-10H,12H2,1H3. The lowest BCUT2D eigenvalue weighted by Crippen LogP contribution is -2.26. The molecule has 0 aliphatic carbocycles. The van der Waals surface area contributed by atoms with Crippen molar-refractivity contribution in [3.8, 4) is 6.07 Å². The Morgan fingerprint density at radius 3 is 2.35 bits per heavy atom. The lowest BCUT2D eigenvalue weighted by Gasteiger charge is -2.24. The monoisotopic (exact) mass is 298 g/mol. The van der Waals surface area contributed by atoms with Gasteiger partial charge in [0.1, 0.15) is 4.32 Å². The molecule has 0 amide bonds. The molecule has 2 aromatic rings. The summed E-state index contributed by atoms with van der Waals surface area (Å²) in [6.07, 6.45) is 1.98. The summed E-state index contributed by atoms with van der Waals surface area (Å²) in [5.41, 5.74) is 2.86. The first-order valence-corrected chi connectivity index (χ1v) is 7.77. The second kappa shape index (κ2) is 7.09. The number of benzene rings is 2. The number of thiocarbonyl (C=S) groups is 1. The number of hydrogen-bond donors (Lipinski definition) is 0. The van der Waals surface area contributed by atoms with E-state index < -0.39 is 0 Å². The largest absolute Gasteiger partial charge is 0.323 e. The van der Waals surface area contributed by atoms with Crippen LogP contribution in [-0.2, 0) is 6.54 Å². The molecule has 0 radical (unpaired) electrons. The van der Waals surface area contributed by atoms with Crippen LogP contribution in [0.15, 0.2) is 54.6 Å². The second-order valence-electron chi connectivity index (χ2n) is 4.20. The van der Waals surface area contributed by atoms with E-state index in [-0.39, 0.29) is 0 Å². The summed E-state index contributed by atoms with van der Waals surface area (Å²) >= 11 is 6.99. The molecule has 0 bridgehead atoms. The summed E-state index contributed by atoms with van der Waals surface area (Å²) in [6, 6.07) is 19.8. The first-order chi connectivity index (χ1) is 9.74. The number of nitriles is 1. The molecule has 0 saturated carbocycles. The molecule has 0 heterocycles. The van der Waals surface area contributed by atoms with Crippen LogP contribution in [0.3, 0.4) is 0 Å². The predicted octanol–water partition coefficient (Wildman–Crippen LogP) is 4.21. The molecule has 100 valence electrons. The van der Waals surface area contributed by atoms with Gasteiger partial charge in [0, 0.05) is 12.2 Å². The van der Waals surface area contributed by atoms with Crippen molar-refractivity contribution in [3.05, 3.63) is 65.7 Å². The topological polar surface area (TPSA) is 27.0 Å². The van der Waals surface area contributed by atoms with Crippen LogP contribution in [0.1, 0.15) is 11.1 Å². The third-order valence-electron chi connectivity index (χ3n) is 2.89. The van der Waals surface area contributed by atoms with Gasteiger partial charge >= 0.3 is 0 Å². The molecule has 2 nitrogen and oxygen atoms in total. The van der Waals surface area contributed by atoms with Gasteiger partial charge in [0.2, 0.25) is 0 Å². The number of nitrogens with zero attached hydrogens (tertiary/aromatic N) is 2. The third kappa shape index (κ3) is 3.60. The highest BCUT2D eigenvalue weighted by molar-refractivity contribution is 8.22. The van der Waals surface area contributed by atoms with Crippen LogP contribution in [0.2, 0.25) is 0 Å². The molecule has 0 fully saturated rings. The Bertz CT molecular complexity index is 615. The second-order valence-corrected chi connectivity index (χ2v) is 5.64. The van der Waals surface area contributed by atoms with Gasteiger partial charge in [-0.15, -0.1) is 11.8 Å². The molecular weight excluding hydrogens is 284 g/mol. The molecule has 20 heavy (non-hydrogen) atoms. The van der Waals surface area contributed by atoms with E-state index in [2.05, 4.69) is 23.1 Å². The van der Waals surface area contributed by atoms with Gasteiger partial charge in [-0.1, -0.05) is 42.5 Å². The zero-order valence-electron chi connectivity index (χ0n) is 11.1. The van der Waals surface area contributed by atoms with Gasteiger partial charge in [0.15, 0.2) is 0 Å². The number of thioether (sulfide) groups is 1. The average Bonchev–Trinajstić information content (AvgIpc) is 2.53. The summed E-state index contributed by atoms with van der Waals surface area (Å²) in [5, 5.41) is 8.86. The van der Waals surface area contributed by atoms with Crippen molar-refractivity contribution in [2.24, 2.45) is 0 Å². The van der Waals surface area contributed by atoms with Gasteiger partial charge in [-0.3, -0.25) is 0 Å². The molecule has 0 unspecified atom stereocenters. The third-order valence-corrected chi connectivity index (χ3v) is 4.18. The maximum atomic E-state index is 8.86. The maximum absolute atomic E-state index is 8.86. The van der Waals surface area contributed by atoms with Gasteiger partial charge < -0.3 is 4.90 Å². The minimum absolute atomic E-state index is 0.656. The number of rotatable bonds is 3. The van der Waals surface area contributed by atoms with E-state index in [0.29, 0.717) is 5.56 Å². The van der Waals surface area contributed by atoms with E-state index >= 15 is 0 Å². The minimum atomic E-state index is 0.656. The summed E-state index contributed by atoms with van der Waals surface area (Å²) in [6.45, 7) is 0.729. The van der Waals surface area contributed by atoms with E-state index in [9.17, 15) is 0 Å². The highest BCUT2D eigenvalue weighted by Gasteiger charge is 2.12. The van der Waals surface area contributed by atoms with Crippen LogP contribution in [0.25, 0.3) is 0 Å². The zero-order valence-corrected chi connectivity index (χ0v) is 12.7. The van der Waals surface area contributed by atoms with Gasteiger partial charge in [-0.05, 0) is 36.1 Å². The number of anilines is 1. The van der Waals surface area contributed by atoms with Crippen LogP contribution in [-0.4, -0.2) is 10.6 Å². The van der Waals surface area contributed by atoms with Gasteiger partial charge in [-0.25, -0.2) is 0 Å². The summed E-state index contributed by atoms with van der Waals surface area (Å²) in [5.74, 6) is 0. The van der Waals surface area contributed by atoms with Crippen molar-refractivity contribution in [2.75, 3.05) is 11.2 Å². The van der Waals surface area contributed by atoms with Crippen LogP contribution < -0.4 is 4.90 Å². The molecule has 0 aliphatic rings. The molecule has 4 heteroatoms. The van der Waals surface area contributed by atoms with E-state index in [1.165, 1.54) is 5.56 Å². The molecule has 0 aromatic heterocycles. The fourth-order valence-corrected chi connectivity index (χ4v) is 2.41. The van der Waals surface area contributed by atoms with E-state index in [1.54, 1.807) is 11.8 Å². The zero-order chi connectivity index (χ0) is 14.4. The fraction of sp³-hybridized carbons (Fsp3) is 0.125. The molecule has 0 aliphatic heterocycles. The Labute approximate surface area is 129 Å². The quantitative estimate of drug-likeness (QED) is 0.793. The Balaban J connectivity index is 2.27. The summed E-state index contributed by atoms with van der Waals surface area (Å²) in [7, 11) is 0. The molecule has 2 rings (SSSR count). The first-order valence-electron chi connectivity index (χ1n) is 6.14. The van der Waals surface area contributed by atoms with Gasteiger partial charge in [-0.2, -0.15) is 5.26 Å². The van der Waals surface area contributed by atoms with Crippen molar-refractivity contribution in [3.63, 3.8) is 0 Å². The molecule has 0 saturated heterocycles. The van der Waals surface area contributed by atoms with Crippen molar-refractivity contribution in [1.29, 1.82) is 5.26 Å². The Kier molecular flexibility index (Phi) is 5.16. The van der Waals surface area contributed by atoms with Gasteiger partial charge in [0.25, 0.3) is 0 Å². The highest BCUT2D eigenvalue weighted by Crippen LogP contribution is 2.22. The molecule has 0 spiro atoms. The molecule has 0 atom stereocenters. The van der Waals surface area contributed by atoms with Crippen LogP contribution in [0, 0.1) is 11.3 Å². The predicted molar refractivity (Wildman–Crippen MR) is 89.9 cm³/mol. The van der Waals surface area contributed by atoms with Crippen molar-refractivity contribution < 1.29 is 0 Å². The number of hydrogen-bond acceptors (Lipinski definition) is 3. The lowest BCUT2D eigenvalue weighted by molar-refractivity contribution is 1.03. The Hall–Kier alpha value is -1.83. The summed E-state index contributed by atoms with van der Waals surface area (Å²) in [4.78, 5) is 2.08. The normalized spacial score (nSPS) is 9.80. The van der Waals surface area contributed by atoms with Crippen molar-refractivity contribution in [1.82, 2.24) is 0 Å². The van der Waals surface area contributed by atoms with Crippen molar-refractivity contribution in [2.45, 2.75) is 6.54 Å². The average molecular weight is 298 g/mol. The molecular formula is C16H14N2S2. The van der Waals surface area contributed by atoms with Crippen LogP contribution >= 0.6 is 24.0 Å². The van der Waals surface area contributed by atoms with Crippen LogP contribution in [0.4, 0.5) is 5.69 Å². The van der Waals surface area contributed by atoms with E-state index in [1.807, 2.05) is 48.7 Å². The van der Waals surface area contributed by atoms with E-state index in [0.717, 1.165) is 16.6 Å².